The van der Waals surface area contributed by atoms with Crippen LogP contribution in [-0.4, -0.2) is 49.2 Å². The second-order valence-corrected chi connectivity index (χ2v) is 45.8. The molecule has 0 spiro atoms. The highest BCUT2D eigenvalue weighted by Gasteiger charge is 2.39. The number of nitrogens with zero attached hydrogens (tertiary/aromatic N) is 2. The van der Waals surface area contributed by atoms with Crippen molar-refractivity contribution < 1.29 is 27.0 Å². The maximum absolute atomic E-state index is 18.1. The van der Waals surface area contributed by atoms with Crippen LogP contribution in [0.2, 0.25) is 0 Å². The maximum Gasteiger partial charge on any atom is 0.170 e. The van der Waals surface area contributed by atoms with Crippen molar-refractivity contribution in [3.05, 3.63) is 162 Å². The van der Waals surface area contributed by atoms with Gasteiger partial charge in [0.05, 0.1) is 56.3 Å². The molecule has 22 heteroatoms. The molecule has 10 heterocycles. The largest absolute Gasteiger partial charge is 0.491 e. The average molecular weight is 1920 g/mol. The lowest BCUT2D eigenvalue weighted by atomic mass is 9.90. The van der Waals surface area contributed by atoms with E-state index in [1.165, 1.54) is 139 Å². The molecule has 4 atom stereocenters. The molecule has 13 rings (SSSR count). The lowest BCUT2D eigenvalue weighted by Crippen LogP contribution is -2.27. The first kappa shape index (κ1) is 98.8. The van der Waals surface area contributed by atoms with Gasteiger partial charge in [-0.25, -0.2) is 17.6 Å². The predicted octanol–water partition coefficient (Wildman–Crippen LogP) is 37.7. The van der Waals surface area contributed by atoms with E-state index in [4.69, 9.17) is 19.7 Å². The van der Waals surface area contributed by atoms with Gasteiger partial charge < -0.3 is 20.3 Å². The SMILES string of the molecule is CCCCCCc1ccc(-c2ccc(-c3ccc(C4=C(F)C(F)=C(c5ccc(-c6cc7c(OCC(CC)CCCC)c8sc(-c9ccc(C%10=C(F)C(F)=C(c%11ccc(-c%12ccc(-c%13ccc(CCCCCC)s%13)s%12)s%11)C(=NNCC(CCCC)CCCCCC)C%10=N)s9)cc8c(OCC(CC)CCCC)c7s6)s5)C(=NNCC(CCCC)CCCCCC)C4=N)s3)s2)s1. The Morgan fingerprint density at radius 3 is 0.883 bits per heavy atom. The molecular formula is C106H132F4N6O2S10. The number of fused-ring (bicyclic) bond motifs is 2. The minimum Gasteiger partial charge on any atom is -0.491 e. The third-order valence-corrected chi connectivity index (χ3v) is 37.4. The standard InChI is InChI=1S/C106H132F4N6O2S10/c1-11-21-29-33-41-69(39-27-17-7)63-113-115-101-93(87-59-54-82(124-87)80-52-50-78(122-80)76-48-46-72(120-76)44-36-32-24-14-4)97(109)96(108)92(100(101)112)86-58-55-83(125-86)89-61-73-103(117-65-67(19-9)37-25-15-5)106-74(104(105(73)127-89)118-66-68(20-10)38-26-16-6)62-90(128-106)84-56-60-88(126-84)94-98(110)95(107)91(99(111)102(94)116-114-64-70(40-28-18-8)42-34-30-22-12-2)85-57-53-81(123-85)79-51-49-77(121-79)75-47-45-71(119-75)43-35-31-23-13-3/h45-62,67-70,111-114H,11-44,63-66H2,1-10H3. The van der Waals surface area contributed by atoms with E-state index in [-0.39, 0.29) is 57.0 Å². The molecule has 0 saturated heterocycles. The number of hydrazone groups is 2. The number of halogens is 4. The minimum atomic E-state index is -1.08. The number of ether oxygens (including phenoxy) is 2. The summed E-state index contributed by atoms with van der Waals surface area (Å²) in [5, 5.41) is 32.0. The summed E-state index contributed by atoms with van der Waals surface area (Å²) in [6.07, 6.45) is 37.8. The second-order valence-electron chi connectivity index (χ2n) is 34.8. The van der Waals surface area contributed by atoms with E-state index in [1.54, 1.807) is 45.3 Å². The third kappa shape index (κ3) is 24.8. The van der Waals surface area contributed by atoms with Crippen LogP contribution in [0.25, 0.3) is 101 Å². The van der Waals surface area contributed by atoms with Gasteiger partial charge in [0.15, 0.2) is 23.3 Å². The number of aryl methyl sites for hydroxylation is 2. The van der Waals surface area contributed by atoms with Crippen LogP contribution in [0.4, 0.5) is 17.6 Å². The molecule has 686 valence electrons. The molecule has 8 nitrogen and oxygen atoms in total. The summed E-state index contributed by atoms with van der Waals surface area (Å²) in [5.74, 6) is -1.53. The van der Waals surface area contributed by atoms with Gasteiger partial charge in [-0.15, -0.1) is 113 Å². The fourth-order valence-electron chi connectivity index (χ4n) is 17.2. The van der Waals surface area contributed by atoms with Gasteiger partial charge in [0.1, 0.15) is 22.9 Å². The lowest BCUT2D eigenvalue weighted by Gasteiger charge is -2.21. The molecule has 0 saturated carbocycles. The monoisotopic (exact) mass is 1920 g/mol. The first-order valence-corrected chi connectivity index (χ1v) is 56.2. The molecular weight excluding hydrogens is 1790 g/mol. The smallest absolute Gasteiger partial charge is 0.170 e. The van der Waals surface area contributed by atoms with Gasteiger partial charge in [-0.05, 0) is 197 Å². The molecule has 2 aliphatic carbocycles. The van der Waals surface area contributed by atoms with Gasteiger partial charge in [-0.2, -0.15) is 10.2 Å². The predicted molar refractivity (Wildman–Crippen MR) is 561 cm³/mol. The van der Waals surface area contributed by atoms with Crippen LogP contribution in [0, 0.1) is 34.5 Å². The molecule has 11 aromatic rings. The van der Waals surface area contributed by atoms with E-state index in [0.29, 0.717) is 57.6 Å². The van der Waals surface area contributed by atoms with E-state index >= 15 is 17.6 Å². The van der Waals surface area contributed by atoms with E-state index in [1.807, 2.05) is 71.2 Å². The Morgan fingerprint density at radius 2 is 0.555 bits per heavy atom. The zero-order valence-electron chi connectivity index (χ0n) is 76.9. The van der Waals surface area contributed by atoms with Crippen molar-refractivity contribution >= 4 is 179 Å². The third-order valence-electron chi connectivity index (χ3n) is 25.1. The van der Waals surface area contributed by atoms with Crippen LogP contribution in [-0.2, 0) is 12.8 Å². The van der Waals surface area contributed by atoms with Gasteiger partial charge in [0, 0.05) is 112 Å². The van der Waals surface area contributed by atoms with Crippen molar-refractivity contribution in [3.8, 4) is 70.0 Å². The summed E-state index contributed by atoms with van der Waals surface area (Å²) in [6.45, 7) is 24.4. The number of benzene rings is 1. The van der Waals surface area contributed by atoms with Crippen molar-refractivity contribution in [3.63, 3.8) is 0 Å². The molecule has 1 aromatic carbocycles. The van der Waals surface area contributed by atoms with E-state index in [2.05, 4.69) is 141 Å². The highest BCUT2D eigenvalue weighted by molar-refractivity contribution is 7.30. The molecule has 0 bridgehead atoms. The zero-order chi connectivity index (χ0) is 90.0. The molecule has 10 aromatic heterocycles. The summed E-state index contributed by atoms with van der Waals surface area (Å²) in [6, 6.07) is 37.2. The Bertz CT molecular complexity index is 5580. The van der Waals surface area contributed by atoms with Crippen molar-refractivity contribution in [2.75, 3.05) is 26.3 Å². The minimum absolute atomic E-state index is 0.0110. The molecule has 128 heavy (non-hydrogen) atoms. The summed E-state index contributed by atoms with van der Waals surface area (Å²) in [7, 11) is 0. The Hall–Kier alpha value is -6.70. The maximum atomic E-state index is 18.1. The van der Waals surface area contributed by atoms with Crippen molar-refractivity contribution in [1.82, 2.24) is 10.9 Å². The van der Waals surface area contributed by atoms with E-state index in [0.717, 1.165) is 225 Å². The zero-order valence-corrected chi connectivity index (χ0v) is 85.0. The Morgan fingerprint density at radius 1 is 0.289 bits per heavy atom. The normalized spacial score (nSPS) is 15.2. The molecule has 0 amide bonds. The van der Waals surface area contributed by atoms with Crippen molar-refractivity contribution in [2.45, 2.75) is 288 Å². The lowest BCUT2D eigenvalue weighted by molar-refractivity contribution is 0.235. The summed E-state index contributed by atoms with van der Waals surface area (Å²) < 4.78 is 88.0. The number of rotatable bonds is 56. The molecule has 4 N–H and O–H groups in total. The van der Waals surface area contributed by atoms with Gasteiger partial charge >= 0.3 is 0 Å². The number of hydrogen-bond acceptors (Lipinski definition) is 18. The second kappa shape index (κ2) is 49.9. The highest BCUT2D eigenvalue weighted by Crippen LogP contribution is 2.56. The average Bonchev–Trinajstić information content (AvgIpc) is 1.59. The van der Waals surface area contributed by atoms with Crippen LogP contribution >= 0.6 is 113 Å². The molecule has 0 fully saturated rings. The topological polar surface area (TPSA) is 115 Å². The number of unbranched alkanes of at least 4 members (excludes halogenated alkanes) is 16. The first-order valence-electron chi connectivity index (χ1n) is 48.0. The Balaban J connectivity index is 0.874. The van der Waals surface area contributed by atoms with Gasteiger partial charge in [-0.1, -0.05) is 223 Å². The Labute approximate surface area is 799 Å². The van der Waals surface area contributed by atoms with E-state index in [9.17, 15) is 10.8 Å². The van der Waals surface area contributed by atoms with Gasteiger partial charge in [0.25, 0.3) is 0 Å². The van der Waals surface area contributed by atoms with E-state index < -0.39 is 23.3 Å². The number of nitrogens with one attached hydrogen (secondary N) is 4. The number of thiophene rings is 10. The molecule has 4 unspecified atom stereocenters. The van der Waals surface area contributed by atoms with Crippen molar-refractivity contribution in [2.24, 2.45) is 33.9 Å². The van der Waals surface area contributed by atoms with Crippen LogP contribution in [0.1, 0.15) is 304 Å². The van der Waals surface area contributed by atoms with Crippen LogP contribution in [0.5, 0.6) is 11.5 Å². The number of allylic oxidation sites excluding steroid dienone is 8. The molecule has 0 radical (unpaired) electrons. The summed E-state index contributed by atoms with van der Waals surface area (Å²) in [5.41, 5.74) is 6.29. The highest BCUT2D eigenvalue weighted by atomic mass is 32.1. The molecule has 0 aliphatic heterocycles. The van der Waals surface area contributed by atoms with Gasteiger partial charge in [0.2, 0.25) is 0 Å². The van der Waals surface area contributed by atoms with Crippen LogP contribution in [0.15, 0.2) is 143 Å². The van der Waals surface area contributed by atoms with Crippen LogP contribution in [0.3, 0.4) is 0 Å². The summed E-state index contributed by atoms with van der Waals surface area (Å²) >= 11 is 15.8. The molecule has 2 aliphatic rings. The number of hydrogen-bond donors (Lipinski definition) is 4. The van der Waals surface area contributed by atoms with Crippen LogP contribution < -0.4 is 20.3 Å². The van der Waals surface area contributed by atoms with Gasteiger partial charge in [-0.3, -0.25) is 10.8 Å². The fraction of sp³-hybridized carbons (Fsp3) is 0.491. The summed E-state index contributed by atoms with van der Waals surface area (Å²) in [4.78, 5) is 16.8. The Kier molecular flexibility index (Phi) is 38.5. The van der Waals surface area contributed by atoms with Crippen molar-refractivity contribution in [1.29, 1.82) is 10.8 Å². The quantitative estimate of drug-likeness (QED) is 0.0132. The fourth-order valence-corrected chi connectivity index (χ4v) is 28.4. The first-order chi connectivity index (χ1) is 62.5.